The number of hydrogen-bond acceptors (Lipinski definition) is 4. The molecule has 3 rings (SSSR count). The van der Waals surface area contributed by atoms with Crippen LogP contribution < -0.4 is 14.2 Å². The van der Waals surface area contributed by atoms with Gasteiger partial charge in [-0.05, 0) is 79.6 Å². The summed E-state index contributed by atoms with van der Waals surface area (Å²) >= 11 is 0. The van der Waals surface area contributed by atoms with E-state index < -0.39 is 0 Å². The van der Waals surface area contributed by atoms with Crippen LogP contribution in [0.2, 0.25) is 0 Å². The third kappa shape index (κ3) is 13.8. The summed E-state index contributed by atoms with van der Waals surface area (Å²) < 4.78 is 17.4. The molecule has 0 atom stereocenters. The normalized spacial score (nSPS) is 16.8. The van der Waals surface area contributed by atoms with Crippen LogP contribution in [0.15, 0.2) is 48.5 Å². The molecule has 0 amide bonds. The summed E-state index contributed by atoms with van der Waals surface area (Å²) in [5.74, 6) is 3.61. The first-order valence-corrected chi connectivity index (χ1v) is 16.9. The summed E-state index contributed by atoms with van der Waals surface area (Å²) in [4.78, 5) is 12.6. The first kappa shape index (κ1) is 33.0. The van der Waals surface area contributed by atoms with Gasteiger partial charge < -0.3 is 14.2 Å². The Hall–Kier alpha value is -2.49. The van der Waals surface area contributed by atoms with E-state index in [-0.39, 0.29) is 5.97 Å². The van der Waals surface area contributed by atoms with Crippen molar-refractivity contribution in [2.45, 2.75) is 129 Å². The number of carbonyl (C=O) groups excluding carboxylic acids is 1. The Morgan fingerprint density at radius 3 is 1.59 bits per heavy atom. The summed E-state index contributed by atoms with van der Waals surface area (Å²) in [7, 11) is 0. The van der Waals surface area contributed by atoms with Crippen molar-refractivity contribution in [3.05, 3.63) is 54.1 Å². The number of ether oxygens (including phenoxy) is 3. The molecule has 0 saturated heterocycles. The summed E-state index contributed by atoms with van der Waals surface area (Å²) in [5, 5.41) is 0. The summed E-state index contributed by atoms with van der Waals surface area (Å²) in [6.07, 6.45) is 23.8. The van der Waals surface area contributed by atoms with Crippen molar-refractivity contribution in [1.82, 2.24) is 0 Å². The van der Waals surface area contributed by atoms with Crippen LogP contribution in [0.4, 0.5) is 0 Å². The van der Waals surface area contributed by atoms with E-state index in [2.05, 4.69) is 13.8 Å². The predicted octanol–water partition coefficient (Wildman–Crippen LogP) is 11.0. The van der Waals surface area contributed by atoms with Crippen LogP contribution in [0.1, 0.15) is 140 Å². The predicted molar refractivity (Wildman–Crippen MR) is 170 cm³/mol. The highest BCUT2D eigenvalue weighted by atomic mass is 16.5. The van der Waals surface area contributed by atoms with Crippen molar-refractivity contribution >= 4 is 5.97 Å². The fourth-order valence-electron chi connectivity index (χ4n) is 6.02. The van der Waals surface area contributed by atoms with Crippen molar-refractivity contribution < 1.29 is 19.0 Å². The topological polar surface area (TPSA) is 44.8 Å². The first-order valence-electron chi connectivity index (χ1n) is 16.9. The summed E-state index contributed by atoms with van der Waals surface area (Å²) in [5.41, 5.74) is 0.514. The van der Waals surface area contributed by atoms with Gasteiger partial charge in [0.05, 0.1) is 18.8 Å². The van der Waals surface area contributed by atoms with Crippen molar-refractivity contribution in [2.75, 3.05) is 13.2 Å². The maximum Gasteiger partial charge on any atom is 0.343 e. The van der Waals surface area contributed by atoms with Gasteiger partial charge in [-0.2, -0.15) is 0 Å². The zero-order valence-electron chi connectivity index (χ0n) is 26.0. The Morgan fingerprint density at radius 2 is 1.02 bits per heavy atom. The molecular weight excluding hydrogens is 508 g/mol. The van der Waals surface area contributed by atoms with Gasteiger partial charge in [0.25, 0.3) is 0 Å². The monoisotopic (exact) mass is 564 g/mol. The van der Waals surface area contributed by atoms with Crippen LogP contribution in [-0.2, 0) is 0 Å². The third-order valence-corrected chi connectivity index (χ3v) is 8.58. The van der Waals surface area contributed by atoms with Crippen LogP contribution >= 0.6 is 0 Å². The maximum atomic E-state index is 12.6. The quantitative estimate of drug-likeness (QED) is 0.0859. The van der Waals surface area contributed by atoms with E-state index in [4.69, 9.17) is 14.2 Å². The molecule has 0 unspecified atom stereocenters. The van der Waals surface area contributed by atoms with E-state index >= 15 is 0 Å². The van der Waals surface area contributed by atoms with Gasteiger partial charge in [-0.3, -0.25) is 0 Å². The smallest absolute Gasteiger partial charge is 0.343 e. The van der Waals surface area contributed by atoms with Crippen molar-refractivity contribution in [1.29, 1.82) is 0 Å². The Morgan fingerprint density at radius 1 is 0.561 bits per heavy atom. The molecular formula is C37H56O4. The van der Waals surface area contributed by atoms with Crippen LogP contribution in [0.5, 0.6) is 17.2 Å². The van der Waals surface area contributed by atoms with E-state index in [1.165, 1.54) is 103 Å². The lowest BCUT2D eigenvalue weighted by atomic mass is 9.78. The molecule has 0 heterocycles. The van der Waals surface area contributed by atoms with E-state index in [0.717, 1.165) is 49.4 Å². The number of hydrogen-bond donors (Lipinski definition) is 0. The Bertz CT molecular complexity index is 928. The molecule has 0 spiro atoms. The molecule has 0 aliphatic heterocycles. The lowest BCUT2D eigenvalue weighted by molar-refractivity contribution is 0.0734. The van der Waals surface area contributed by atoms with Gasteiger partial charge in [-0.15, -0.1) is 0 Å². The molecule has 1 aliphatic rings. The number of carbonyl (C=O) groups is 1. The number of rotatable bonds is 21. The van der Waals surface area contributed by atoms with Crippen LogP contribution in [0, 0.1) is 11.8 Å². The lowest BCUT2D eigenvalue weighted by Gasteiger charge is -2.28. The van der Waals surface area contributed by atoms with Crippen LogP contribution in [-0.4, -0.2) is 19.2 Å². The molecule has 1 saturated carbocycles. The minimum atomic E-state index is -0.367. The minimum Gasteiger partial charge on any atom is -0.494 e. The van der Waals surface area contributed by atoms with Crippen molar-refractivity contribution in [3.8, 4) is 17.2 Å². The van der Waals surface area contributed by atoms with E-state index in [1.54, 1.807) is 24.3 Å². The van der Waals surface area contributed by atoms with Gasteiger partial charge in [0.15, 0.2) is 0 Å². The Kier molecular flexibility index (Phi) is 16.4. The number of esters is 1. The number of benzene rings is 2. The molecule has 0 N–H and O–H groups in total. The zero-order valence-corrected chi connectivity index (χ0v) is 26.0. The molecule has 4 nitrogen and oxygen atoms in total. The molecule has 1 aliphatic carbocycles. The second-order valence-corrected chi connectivity index (χ2v) is 12.1. The number of unbranched alkanes of at least 4 members (excludes halogenated alkanes) is 9. The average Bonchev–Trinajstić information content (AvgIpc) is 3.00. The SMILES string of the molecule is CCCCCCCCCCCCOc1ccc(C(=O)Oc2ccc(OCCC[C@H]3CC[C@H](CCC)CC3)cc2)cc1. The van der Waals surface area contributed by atoms with Crippen LogP contribution in [0.25, 0.3) is 0 Å². The highest BCUT2D eigenvalue weighted by Gasteiger charge is 2.20. The summed E-state index contributed by atoms with van der Waals surface area (Å²) in [6, 6.07) is 14.6. The average molecular weight is 565 g/mol. The third-order valence-electron chi connectivity index (χ3n) is 8.58. The fraction of sp³-hybridized carbons (Fsp3) is 0.649. The second-order valence-electron chi connectivity index (χ2n) is 12.1. The largest absolute Gasteiger partial charge is 0.494 e. The van der Waals surface area contributed by atoms with Crippen molar-refractivity contribution in [2.24, 2.45) is 11.8 Å². The van der Waals surface area contributed by atoms with Crippen LogP contribution in [0.3, 0.4) is 0 Å². The zero-order chi connectivity index (χ0) is 29.0. The molecule has 2 aromatic carbocycles. The van der Waals surface area contributed by atoms with Gasteiger partial charge in [-0.25, -0.2) is 4.79 Å². The Labute approximate surface area is 250 Å². The summed E-state index contributed by atoms with van der Waals surface area (Å²) in [6.45, 7) is 6.02. The fourth-order valence-corrected chi connectivity index (χ4v) is 6.02. The standard InChI is InChI=1S/C37H56O4/c1-3-5-6-7-8-9-10-11-12-13-29-39-34-23-21-33(22-24-34)37(38)41-36-27-25-35(26-28-36)40-30-14-16-32-19-17-31(15-4-2)18-20-32/h21-28,31-32H,3-20,29-30H2,1-2H3/t31-,32-. The highest BCUT2D eigenvalue weighted by Crippen LogP contribution is 2.33. The highest BCUT2D eigenvalue weighted by molar-refractivity contribution is 5.91. The van der Waals surface area contributed by atoms with Gasteiger partial charge in [-0.1, -0.05) is 110 Å². The molecule has 4 heteroatoms. The molecule has 1 fully saturated rings. The second kappa shape index (κ2) is 20.4. The molecule has 0 bridgehead atoms. The molecule has 41 heavy (non-hydrogen) atoms. The first-order chi connectivity index (χ1) is 20.2. The lowest BCUT2D eigenvalue weighted by Crippen LogP contribution is -2.15. The molecule has 0 radical (unpaired) electrons. The maximum absolute atomic E-state index is 12.6. The molecule has 2 aromatic rings. The van der Waals surface area contributed by atoms with Gasteiger partial charge in [0.1, 0.15) is 17.2 Å². The minimum absolute atomic E-state index is 0.367. The van der Waals surface area contributed by atoms with E-state index in [1.807, 2.05) is 24.3 Å². The molecule has 0 aromatic heterocycles. The van der Waals surface area contributed by atoms with Gasteiger partial charge in [0, 0.05) is 0 Å². The van der Waals surface area contributed by atoms with E-state index in [9.17, 15) is 4.79 Å². The van der Waals surface area contributed by atoms with Gasteiger partial charge in [0.2, 0.25) is 0 Å². The molecule has 228 valence electrons. The van der Waals surface area contributed by atoms with Gasteiger partial charge >= 0.3 is 5.97 Å². The Balaban J connectivity index is 1.24. The van der Waals surface area contributed by atoms with Crippen molar-refractivity contribution in [3.63, 3.8) is 0 Å². The van der Waals surface area contributed by atoms with E-state index in [0.29, 0.717) is 11.3 Å².